The van der Waals surface area contributed by atoms with Gasteiger partial charge in [-0.2, -0.15) is 0 Å². The SMILES string of the molecule is CC(C)(C)OC(=O)N1CC[C@@H](F)CC1C(=O)Nc1ccc(-c2ccccc2OC(F)(F)F)c(Cl)c1. The number of ether oxygens (including phenoxy) is 2. The fraction of sp³-hybridized carbons (Fsp3) is 0.417. The monoisotopic (exact) mass is 516 g/mol. The maximum atomic E-state index is 14.1. The molecule has 0 radical (unpaired) electrons. The smallest absolute Gasteiger partial charge is 0.444 e. The minimum atomic E-state index is -4.88. The van der Waals surface area contributed by atoms with Crippen LogP contribution < -0.4 is 10.1 Å². The number of rotatable bonds is 4. The molecule has 2 amide bonds. The normalized spacial score (nSPS) is 18.7. The number of benzene rings is 2. The third-order valence-corrected chi connectivity index (χ3v) is 5.42. The summed E-state index contributed by atoms with van der Waals surface area (Å²) in [6, 6.07) is 8.63. The highest BCUT2D eigenvalue weighted by Crippen LogP contribution is 2.38. The van der Waals surface area contributed by atoms with E-state index in [9.17, 15) is 27.2 Å². The Morgan fingerprint density at radius 1 is 1.09 bits per heavy atom. The number of nitrogens with zero attached hydrogens (tertiary/aromatic N) is 1. The second-order valence-corrected chi connectivity index (χ2v) is 9.45. The van der Waals surface area contributed by atoms with Crippen LogP contribution in [-0.2, 0) is 9.53 Å². The van der Waals surface area contributed by atoms with Crippen LogP contribution in [0.4, 0.5) is 28.0 Å². The van der Waals surface area contributed by atoms with Crippen LogP contribution in [0.3, 0.4) is 0 Å². The van der Waals surface area contributed by atoms with E-state index >= 15 is 0 Å². The average Bonchev–Trinajstić information content (AvgIpc) is 2.72. The van der Waals surface area contributed by atoms with Gasteiger partial charge in [-0.25, -0.2) is 9.18 Å². The summed E-state index contributed by atoms with van der Waals surface area (Å²) in [7, 11) is 0. The molecule has 6 nitrogen and oxygen atoms in total. The van der Waals surface area contributed by atoms with Crippen molar-refractivity contribution in [1.82, 2.24) is 4.90 Å². The summed E-state index contributed by atoms with van der Waals surface area (Å²) in [5.41, 5.74) is -0.207. The molecule has 190 valence electrons. The van der Waals surface area contributed by atoms with Crippen LogP contribution in [-0.4, -0.2) is 47.6 Å². The fourth-order valence-electron chi connectivity index (χ4n) is 3.65. The van der Waals surface area contributed by atoms with Crippen LogP contribution in [0.5, 0.6) is 5.75 Å². The zero-order valence-corrected chi connectivity index (χ0v) is 20.0. The minimum Gasteiger partial charge on any atom is -0.444 e. The van der Waals surface area contributed by atoms with Crippen molar-refractivity contribution in [3.8, 4) is 16.9 Å². The molecular weight excluding hydrogens is 492 g/mol. The van der Waals surface area contributed by atoms with Gasteiger partial charge in [0.25, 0.3) is 0 Å². The number of anilines is 1. The predicted molar refractivity (Wildman–Crippen MR) is 123 cm³/mol. The Balaban J connectivity index is 1.80. The number of piperidine rings is 1. The second-order valence-electron chi connectivity index (χ2n) is 9.04. The van der Waals surface area contributed by atoms with E-state index in [0.717, 1.165) is 6.07 Å². The van der Waals surface area contributed by atoms with Gasteiger partial charge in [0, 0.05) is 29.8 Å². The van der Waals surface area contributed by atoms with Gasteiger partial charge in [0.2, 0.25) is 5.91 Å². The number of hydrogen-bond acceptors (Lipinski definition) is 4. The lowest BCUT2D eigenvalue weighted by atomic mass is 10.00. The zero-order valence-electron chi connectivity index (χ0n) is 19.3. The number of amides is 2. The second kappa shape index (κ2) is 10.3. The first-order valence-corrected chi connectivity index (χ1v) is 11.2. The van der Waals surface area contributed by atoms with Crippen molar-refractivity contribution in [2.45, 2.75) is 57.8 Å². The van der Waals surface area contributed by atoms with Crippen molar-refractivity contribution >= 4 is 29.3 Å². The predicted octanol–water partition coefficient (Wildman–Crippen LogP) is 6.58. The summed E-state index contributed by atoms with van der Waals surface area (Å²) in [5.74, 6) is -1.06. The van der Waals surface area contributed by atoms with Crippen LogP contribution in [0.25, 0.3) is 11.1 Å². The molecule has 1 saturated heterocycles. The standard InChI is InChI=1S/C24H25ClF4N2O4/c1-23(2,3)35-22(33)31-11-10-14(26)12-19(31)21(32)30-15-8-9-16(18(25)13-15)17-6-4-5-7-20(17)34-24(27,28)29/h4-9,13-14,19H,10-12H2,1-3H3,(H,30,32)/t14-,19?/m1/s1. The van der Waals surface area contributed by atoms with Gasteiger partial charge in [0.05, 0.1) is 5.02 Å². The molecule has 1 aliphatic rings. The number of carbonyl (C=O) groups excluding carboxylic acids is 2. The summed E-state index contributed by atoms with van der Waals surface area (Å²) < 4.78 is 61.8. The van der Waals surface area contributed by atoms with E-state index in [1.165, 1.54) is 41.3 Å². The Labute approximate surface area is 205 Å². The van der Waals surface area contributed by atoms with Gasteiger partial charge in [-0.3, -0.25) is 9.69 Å². The first kappa shape index (κ1) is 26.6. The maximum Gasteiger partial charge on any atom is 0.573 e. The number of hydrogen-bond donors (Lipinski definition) is 1. The number of nitrogens with one attached hydrogen (secondary N) is 1. The van der Waals surface area contributed by atoms with Gasteiger partial charge >= 0.3 is 12.5 Å². The van der Waals surface area contributed by atoms with Crippen molar-refractivity contribution in [2.24, 2.45) is 0 Å². The molecule has 11 heteroatoms. The maximum absolute atomic E-state index is 14.1. The molecule has 1 unspecified atom stereocenters. The van der Waals surface area contributed by atoms with Gasteiger partial charge in [0.1, 0.15) is 23.6 Å². The summed E-state index contributed by atoms with van der Waals surface area (Å²) >= 11 is 6.32. The third kappa shape index (κ3) is 7.24. The third-order valence-electron chi connectivity index (χ3n) is 5.11. The van der Waals surface area contributed by atoms with Crippen molar-refractivity contribution < 1.29 is 36.6 Å². The molecule has 2 aromatic rings. The van der Waals surface area contributed by atoms with Crippen molar-refractivity contribution in [1.29, 1.82) is 0 Å². The molecule has 1 fully saturated rings. The molecule has 3 rings (SSSR count). The molecule has 0 aliphatic carbocycles. The molecule has 0 aromatic heterocycles. The molecule has 1 heterocycles. The molecule has 0 saturated carbocycles. The lowest BCUT2D eigenvalue weighted by Gasteiger charge is -2.37. The Bertz CT molecular complexity index is 1090. The average molecular weight is 517 g/mol. The van der Waals surface area contributed by atoms with Crippen molar-refractivity contribution in [3.05, 3.63) is 47.5 Å². The highest BCUT2D eigenvalue weighted by atomic mass is 35.5. The van der Waals surface area contributed by atoms with E-state index in [2.05, 4.69) is 10.1 Å². The Morgan fingerprint density at radius 2 is 1.77 bits per heavy atom. The van der Waals surface area contributed by atoms with E-state index in [-0.39, 0.29) is 41.2 Å². The number of likely N-dealkylation sites (tertiary alicyclic amines) is 1. The van der Waals surface area contributed by atoms with E-state index in [0.29, 0.717) is 0 Å². The summed E-state index contributed by atoms with van der Waals surface area (Å²) in [4.78, 5) is 26.7. The molecule has 2 aromatic carbocycles. The Morgan fingerprint density at radius 3 is 2.40 bits per heavy atom. The Kier molecular flexibility index (Phi) is 7.83. The zero-order chi connectivity index (χ0) is 26.0. The van der Waals surface area contributed by atoms with E-state index < -0.39 is 41.9 Å². The van der Waals surface area contributed by atoms with Crippen molar-refractivity contribution in [3.63, 3.8) is 0 Å². The van der Waals surface area contributed by atoms with E-state index in [1.807, 2.05) is 0 Å². The Hall–Kier alpha value is -3.01. The lowest BCUT2D eigenvalue weighted by molar-refractivity contribution is -0.274. The van der Waals surface area contributed by atoms with Crippen molar-refractivity contribution in [2.75, 3.05) is 11.9 Å². The highest BCUT2D eigenvalue weighted by molar-refractivity contribution is 6.33. The van der Waals surface area contributed by atoms with Gasteiger partial charge in [-0.15, -0.1) is 13.2 Å². The molecule has 2 atom stereocenters. The van der Waals surface area contributed by atoms with Crippen LogP contribution in [0.1, 0.15) is 33.6 Å². The van der Waals surface area contributed by atoms with Gasteiger partial charge in [0.15, 0.2) is 0 Å². The molecular formula is C24H25ClF4N2O4. The molecule has 1 aliphatic heterocycles. The number of halogens is 5. The molecule has 0 spiro atoms. The lowest BCUT2D eigenvalue weighted by Crippen LogP contribution is -2.53. The van der Waals surface area contributed by atoms with Gasteiger partial charge in [-0.05, 0) is 45.4 Å². The molecule has 1 N–H and O–H groups in total. The quantitative estimate of drug-likeness (QED) is 0.466. The summed E-state index contributed by atoms with van der Waals surface area (Å²) in [6.45, 7) is 5.07. The van der Waals surface area contributed by atoms with Gasteiger partial charge < -0.3 is 14.8 Å². The summed E-state index contributed by atoms with van der Waals surface area (Å²) in [6.07, 6.45) is -6.98. The van der Waals surface area contributed by atoms with E-state index in [4.69, 9.17) is 16.3 Å². The first-order chi connectivity index (χ1) is 16.2. The molecule has 35 heavy (non-hydrogen) atoms. The fourth-order valence-corrected chi connectivity index (χ4v) is 3.93. The summed E-state index contributed by atoms with van der Waals surface area (Å²) in [5, 5.41) is 2.65. The largest absolute Gasteiger partial charge is 0.573 e. The number of para-hydroxylation sites is 1. The highest BCUT2D eigenvalue weighted by Gasteiger charge is 2.38. The number of alkyl halides is 4. The minimum absolute atomic E-state index is 0.0177. The topological polar surface area (TPSA) is 67.9 Å². The van der Waals surface area contributed by atoms with Gasteiger partial charge in [-0.1, -0.05) is 35.9 Å². The van der Waals surface area contributed by atoms with Crippen LogP contribution >= 0.6 is 11.6 Å². The van der Waals surface area contributed by atoms with Crippen LogP contribution in [0.2, 0.25) is 5.02 Å². The van der Waals surface area contributed by atoms with Crippen LogP contribution in [0, 0.1) is 0 Å². The van der Waals surface area contributed by atoms with Crippen LogP contribution in [0.15, 0.2) is 42.5 Å². The first-order valence-electron chi connectivity index (χ1n) is 10.8. The number of carbonyl (C=O) groups is 2. The van der Waals surface area contributed by atoms with E-state index in [1.54, 1.807) is 20.8 Å². The molecule has 0 bridgehead atoms.